The summed E-state index contributed by atoms with van der Waals surface area (Å²) in [6, 6.07) is 4.48. The summed E-state index contributed by atoms with van der Waals surface area (Å²) in [6.45, 7) is 0.572. The predicted octanol–water partition coefficient (Wildman–Crippen LogP) is 1.98. The van der Waals surface area contributed by atoms with E-state index in [9.17, 15) is 9.18 Å². The molecule has 2 N–H and O–H groups in total. The Morgan fingerprint density at radius 1 is 1.41 bits per heavy atom. The Morgan fingerprint density at radius 3 is 2.76 bits per heavy atom. The molecule has 17 heavy (non-hydrogen) atoms. The second-order valence-electron chi connectivity index (χ2n) is 4.03. The molecule has 0 saturated carbocycles. The number of piperidine rings is 1. The average molecular weight is 252 g/mol. The molecule has 0 unspecified atom stereocenters. The third-order valence-corrected chi connectivity index (χ3v) is 3.08. The predicted molar refractivity (Wildman–Crippen MR) is 68.5 cm³/mol. The Balaban J connectivity index is 2.32. The number of anilines is 1. The van der Waals surface area contributed by atoms with Crippen LogP contribution in [0.5, 0.6) is 0 Å². The molecule has 1 fully saturated rings. The molecule has 0 spiro atoms. The zero-order valence-electron chi connectivity index (χ0n) is 9.28. The molecule has 3 nitrogen and oxygen atoms in total. The molecular weight excluding hydrogens is 239 g/mol. The van der Waals surface area contributed by atoms with E-state index in [1.807, 2.05) is 0 Å². The molecule has 0 aliphatic carbocycles. The molecule has 90 valence electrons. The number of amides is 1. The Hall–Kier alpha value is -1.49. The second kappa shape index (κ2) is 4.79. The van der Waals surface area contributed by atoms with Crippen LogP contribution in [0.3, 0.4) is 0 Å². The Kier molecular flexibility index (Phi) is 3.38. The highest BCUT2D eigenvalue weighted by Gasteiger charge is 2.22. The SMILES string of the molecule is NC(=S)c1ccc(N2CCCCC2=O)c(F)c1. The van der Waals surface area contributed by atoms with E-state index in [0.29, 0.717) is 24.2 Å². The molecule has 1 aliphatic heterocycles. The summed E-state index contributed by atoms with van der Waals surface area (Å²) < 4.78 is 13.9. The fraction of sp³-hybridized carbons (Fsp3) is 0.333. The fourth-order valence-corrected chi connectivity index (χ4v) is 2.07. The number of thiocarbonyl (C=S) groups is 1. The summed E-state index contributed by atoms with van der Waals surface area (Å²) in [5.74, 6) is -0.483. The van der Waals surface area contributed by atoms with Gasteiger partial charge in [-0.1, -0.05) is 12.2 Å². The highest BCUT2D eigenvalue weighted by Crippen LogP contribution is 2.24. The molecule has 0 radical (unpaired) electrons. The fourth-order valence-electron chi connectivity index (χ4n) is 1.94. The van der Waals surface area contributed by atoms with E-state index in [0.717, 1.165) is 12.8 Å². The molecule has 1 heterocycles. The third kappa shape index (κ3) is 2.44. The molecule has 1 amide bonds. The monoisotopic (exact) mass is 252 g/mol. The van der Waals surface area contributed by atoms with Gasteiger partial charge < -0.3 is 10.6 Å². The van der Waals surface area contributed by atoms with Crippen LogP contribution >= 0.6 is 12.2 Å². The van der Waals surface area contributed by atoms with Gasteiger partial charge in [-0.05, 0) is 31.0 Å². The Morgan fingerprint density at radius 2 is 2.18 bits per heavy atom. The van der Waals surface area contributed by atoms with Crippen molar-refractivity contribution in [1.82, 2.24) is 0 Å². The number of nitrogens with two attached hydrogens (primary N) is 1. The van der Waals surface area contributed by atoms with Crippen molar-refractivity contribution in [3.63, 3.8) is 0 Å². The van der Waals surface area contributed by atoms with E-state index >= 15 is 0 Å². The lowest BCUT2D eigenvalue weighted by atomic mass is 10.1. The number of benzene rings is 1. The van der Waals surface area contributed by atoms with Crippen LogP contribution in [0.4, 0.5) is 10.1 Å². The quantitative estimate of drug-likeness (QED) is 0.819. The summed E-state index contributed by atoms with van der Waals surface area (Å²) in [5, 5.41) is 0. The number of hydrogen-bond donors (Lipinski definition) is 1. The van der Waals surface area contributed by atoms with Crippen molar-refractivity contribution in [3.8, 4) is 0 Å². The topological polar surface area (TPSA) is 46.3 Å². The minimum Gasteiger partial charge on any atom is -0.389 e. The van der Waals surface area contributed by atoms with Gasteiger partial charge in [0.2, 0.25) is 5.91 Å². The number of hydrogen-bond acceptors (Lipinski definition) is 2. The molecule has 1 aromatic rings. The van der Waals surface area contributed by atoms with Crippen molar-refractivity contribution < 1.29 is 9.18 Å². The third-order valence-electron chi connectivity index (χ3n) is 2.85. The van der Waals surface area contributed by atoms with Crippen molar-refractivity contribution in [2.75, 3.05) is 11.4 Å². The van der Waals surface area contributed by atoms with Crippen molar-refractivity contribution >= 4 is 28.8 Å². The lowest BCUT2D eigenvalue weighted by Crippen LogP contribution is -2.35. The lowest BCUT2D eigenvalue weighted by Gasteiger charge is -2.27. The lowest BCUT2D eigenvalue weighted by molar-refractivity contribution is -0.119. The van der Waals surface area contributed by atoms with E-state index in [2.05, 4.69) is 0 Å². The summed E-state index contributed by atoms with van der Waals surface area (Å²) in [5.41, 5.74) is 6.21. The first kappa shape index (κ1) is 12.0. The van der Waals surface area contributed by atoms with Gasteiger partial charge in [-0.2, -0.15) is 0 Å². The summed E-state index contributed by atoms with van der Waals surface area (Å²) >= 11 is 4.78. The Bertz CT molecular complexity index is 476. The average Bonchev–Trinajstić information content (AvgIpc) is 2.30. The van der Waals surface area contributed by atoms with Crippen LogP contribution in [0.1, 0.15) is 24.8 Å². The van der Waals surface area contributed by atoms with Gasteiger partial charge in [-0.15, -0.1) is 0 Å². The van der Waals surface area contributed by atoms with Crippen molar-refractivity contribution in [1.29, 1.82) is 0 Å². The Labute approximate surface area is 104 Å². The maximum atomic E-state index is 13.9. The number of carbonyl (C=O) groups is 1. The van der Waals surface area contributed by atoms with E-state index < -0.39 is 5.82 Å². The maximum absolute atomic E-state index is 13.9. The van der Waals surface area contributed by atoms with Gasteiger partial charge in [-0.25, -0.2) is 4.39 Å². The highest BCUT2D eigenvalue weighted by molar-refractivity contribution is 7.80. The second-order valence-corrected chi connectivity index (χ2v) is 4.47. The van der Waals surface area contributed by atoms with Gasteiger partial charge in [0.1, 0.15) is 10.8 Å². The number of nitrogens with zero attached hydrogens (tertiary/aromatic N) is 1. The summed E-state index contributed by atoms with van der Waals surface area (Å²) in [7, 11) is 0. The van der Waals surface area contributed by atoms with Crippen molar-refractivity contribution in [2.45, 2.75) is 19.3 Å². The molecular formula is C12H13FN2OS. The molecule has 0 atom stereocenters. The molecule has 1 aromatic carbocycles. The van der Waals surface area contributed by atoms with Gasteiger partial charge in [0.25, 0.3) is 0 Å². The standard InChI is InChI=1S/C12H13FN2OS/c13-9-7-8(12(14)17)4-5-10(9)15-6-2-1-3-11(15)16/h4-5,7H,1-3,6H2,(H2,14,17). The van der Waals surface area contributed by atoms with Crippen LogP contribution in [0.25, 0.3) is 0 Å². The van der Waals surface area contributed by atoms with Crippen LogP contribution in [0.2, 0.25) is 0 Å². The van der Waals surface area contributed by atoms with Crippen LogP contribution in [-0.4, -0.2) is 17.4 Å². The minimum atomic E-state index is -0.453. The molecule has 0 bridgehead atoms. The smallest absolute Gasteiger partial charge is 0.227 e. The van der Waals surface area contributed by atoms with E-state index in [1.165, 1.54) is 11.0 Å². The first-order valence-electron chi connectivity index (χ1n) is 5.49. The first-order valence-corrected chi connectivity index (χ1v) is 5.90. The van der Waals surface area contributed by atoms with Gasteiger partial charge in [0.05, 0.1) is 5.69 Å². The molecule has 5 heteroatoms. The molecule has 2 rings (SSSR count). The minimum absolute atomic E-state index is 0.0294. The van der Waals surface area contributed by atoms with Crippen molar-refractivity contribution in [3.05, 3.63) is 29.6 Å². The maximum Gasteiger partial charge on any atom is 0.227 e. The van der Waals surface area contributed by atoms with Gasteiger partial charge in [0.15, 0.2) is 0 Å². The largest absolute Gasteiger partial charge is 0.389 e. The van der Waals surface area contributed by atoms with Gasteiger partial charge in [0, 0.05) is 18.5 Å². The van der Waals surface area contributed by atoms with E-state index in [1.54, 1.807) is 12.1 Å². The zero-order chi connectivity index (χ0) is 12.4. The van der Waals surface area contributed by atoms with Gasteiger partial charge in [-0.3, -0.25) is 4.79 Å². The summed E-state index contributed by atoms with van der Waals surface area (Å²) in [4.78, 5) is 13.3. The van der Waals surface area contributed by atoms with E-state index in [-0.39, 0.29) is 10.9 Å². The van der Waals surface area contributed by atoms with Gasteiger partial charge >= 0.3 is 0 Å². The highest BCUT2D eigenvalue weighted by atomic mass is 32.1. The molecule has 0 aromatic heterocycles. The number of halogens is 1. The van der Waals surface area contributed by atoms with Crippen molar-refractivity contribution in [2.24, 2.45) is 5.73 Å². The van der Waals surface area contributed by atoms with E-state index in [4.69, 9.17) is 18.0 Å². The summed E-state index contributed by atoms with van der Waals surface area (Å²) in [6.07, 6.45) is 2.26. The normalized spacial score (nSPS) is 16.1. The van der Waals surface area contributed by atoms with Crippen LogP contribution in [0, 0.1) is 5.82 Å². The zero-order valence-corrected chi connectivity index (χ0v) is 10.1. The van der Waals surface area contributed by atoms with Crippen LogP contribution < -0.4 is 10.6 Å². The number of rotatable bonds is 2. The number of carbonyl (C=O) groups excluding carboxylic acids is 1. The van der Waals surface area contributed by atoms with Crippen LogP contribution in [-0.2, 0) is 4.79 Å². The van der Waals surface area contributed by atoms with Crippen LogP contribution in [0.15, 0.2) is 18.2 Å². The molecule has 1 saturated heterocycles. The molecule has 1 aliphatic rings. The first-order chi connectivity index (χ1) is 8.09.